The van der Waals surface area contributed by atoms with Crippen LogP contribution < -0.4 is 10.5 Å². The maximum atomic E-state index is 6.06. The molecule has 0 amide bonds. The lowest BCUT2D eigenvalue weighted by Gasteiger charge is -2.12. The maximum Gasteiger partial charge on any atom is 0.118 e. The number of rotatable bonds is 10. The largest absolute Gasteiger partial charge is 0.497 e. The number of hydrogen-bond acceptors (Lipinski definition) is 4. The first-order valence-electron chi connectivity index (χ1n) is 6.71. The van der Waals surface area contributed by atoms with Crippen LogP contribution >= 0.6 is 0 Å². The van der Waals surface area contributed by atoms with Gasteiger partial charge in [-0.1, -0.05) is 12.1 Å². The Morgan fingerprint density at radius 2 is 1.74 bits per heavy atom. The normalized spacial score (nSPS) is 12.4. The molecule has 0 aliphatic heterocycles. The molecule has 0 aliphatic rings. The number of hydrogen-bond donors (Lipinski definition) is 1. The fourth-order valence-corrected chi connectivity index (χ4v) is 1.77. The van der Waals surface area contributed by atoms with Gasteiger partial charge in [-0.05, 0) is 37.0 Å². The minimum atomic E-state index is 0.185. The Morgan fingerprint density at radius 3 is 2.37 bits per heavy atom. The number of nitrogens with two attached hydrogens (primary N) is 1. The highest BCUT2D eigenvalue weighted by molar-refractivity contribution is 5.27. The summed E-state index contributed by atoms with van der Waals surface area (Å²) < 4.78 is 15.4. The molecular weight excluding hydrogens is 242 g/mol. The highest BCUT2D eigenvalue weighted by Crippen LogP contribution is 2.13. The van der Waals surface area contributed by atoms with Gasteiger partial charge in [-0.2, -0.15) is 0 Å². The summed E-state index contributed by atoms with van der Waals surface area (Å²) in [4.78, 5) is 0. The van der Waals surface area contributed by atoms with Crippen molar-refractivity contribution in [3.63, 3.8) is 0 Å². The summed E-state index contributed by atoms with van der Waals surface area (Å²) in [6.45, 7) is 1.98. The fourth-order valence-electron chi connectivity index (χ4n) is 1.77. The Morgan fingerprint density at radius 1 is 1.00 bits per heavy atom. The van der Waals surface area contributed by atoms with Crippen LogP contribution in [0.2, 0.25) is 0 Å². The molecule has 1 aromatic rings. The van der Waals surface area contributed by atoms with E-state index in [0.717, 1.165) is 25.0 Å². The third-order valence-electron chi connectivity index (χ3n) is 3.03. The third kappa shape index (κ3) is 7.15. The van der Waals surface area contributed by atoms with Crippen LogP contribution in [-0.2, 0) is 15.9 Å². The Balaban J connectivity index is 2.13. The van der Waals surface area contributed by atoms with Gasteiger partial charge < -0.3 is 19.9 Å². The SMILES string of the molecule is COCCOCCC(N)CCc1ccc(OC)cc1. The highest BCUT2D eigenvalue weighted by atomic mass is 16.5. The quantitative estimate of drug-likeness (QED) is 0.659. The molecule has 0 saturated carbocycles. The molecule has 0 aliphatic carbocycles. The number of aryl methyl sites for hydroxylation is 1. The molecule has 0 heterocycles. The van der Waals surface area contributed by atoms with Crippen LogP contribution in [0.25, 0.3) is 0 Å². The van der Waals surface area contributed by atoms with E-state index in [1.807, 2.05) is 12.1 Å². The van der Waals surface area contributed by atoms with Crippen molar-refractivity contribution in [3.8, 4) is 5.75 Å². The predicted molar refractivity (Wildman–Crippen MR) is 76.6 cm³/mol. The third-order valence-corrected chi connectivity index (χ3v) is 3.03. The summed E-state index contributed by atoms with van der Waals surface area (Å²) in [5, 5.41) is 0. The lowest BCUT2D eigenvalue weighted by atomic mass is 10.0. The first-order valence-corrected chi connectivity index (χ1v) is 6.71. The highest BCUT2D eigenvalue weighted by Gasteiger charge is 2.03. The first-order chi connectivity index (χ1) is 9.26. The first kappa shape index (κ1) is 16.0. The van der Waals surface area contributed by atoms with Gasteiger partial charge in [0.25, 0.3) is 0 Å². The molecule has 2 N–H and O–H groups in total. The monoisotopic (exact) mass is 267 g/mol. The molecule has 1 atom stereocenters. The van der Waals surface area contributed by atoms with E-state index in [-0.39, 0.29) is 6.04 Å². The summed E-state index contributed by atoms with van der Waals surface area (Å²) in [5.41, 5.74) is 7.34. The zero-order valence-corrected chi connectivity index (χ0v) is 11.9. The van der Waals surface area contributed by atoms with Crippen molar-refractivity contribution in [3.05, 3.63) is 29.8 Å². The molecule has 0 bridgehead atoms. The fraction of sp³-hybridized carbons (Fsp3) is 0.600. The molecular formula is C15H25NO3. The average molecular weight is 267 g/mol. The van der Waals surface area contributed by atoms with Crippen LogP contribution in [0.4, 0.5) is 0 Å². The van der Waals surface area contributed by atoms with Crippen molar-refractivity contribution < 1.29 is 14.2 Å². The molecule has 1 aromatic carbocycles. The molecule has 0 aromatic heterocycles. The standard InChI is InChI=1S/C15H25NO3/c1-17-11-12-19-10-9-14(16)6-3-13-4-7-15(18-2)8-5-13/h4-5,7-8,14H,3,6,9-12,16H2,1-2H3. The molecule has 0 saturated heterocycles. The minimum Gasteiger partial charge on any atom is -0.497 e. The van der Waals surface area contributed by atoms with Gasteiger partial charge in [0, 0.05) is 19.8 Å². The second-order valence-electron chi connectivity index (χ2n) is 4.54. The van der Waals surface area contributed by atoms with Crippen molar-refractivity contribution >= 4 is 0 Å². The van der Waals surface area contributed by atoms with Gasteiger partial charge in [0.15, 0.2) is 0 Å². The minimum absolute atomic E-state index is 0.185. The summed E-state index contributed by atoms with van der Waals surface area (Å²) in [5.74, 6) is 0.889. The van der Waals surface area contributed by atoms with Gasteiger partial charge in [0.1, 0.15) is 5.75 Å². The smallest absolute Gasteiger partial charge is 0.118 e. The molecule has 4 nitrogen and oxygen atoms in total. The number of methoxy groups -OCH3 is 2. The van der Waals surface area contributed by atoms with Gasteiger partial charge in [-0.15, -0.1) is 0 Å². The van der Waals surface area contributed by atoms with Crippen LogP contribution in [0.3, 0.4) is 0 Å². The van der Waals surface area contributed by atoms with Gasteiger partial charge in [-0.3, -0.25) is 0 Å². The molecule has 0 fully saturated rings. The molecule has 108 valence electrons. The van der Waals surface area contributed by atoms with Gasteiger partial charge in [0.05, 0.1) is 20.3 Å². The zero-order chi connectivity index (χ0) is 13.9. The predicted octanol–water partition coefficient (Wildman–Crippen LogP) is 2.01. The van der Waals surface area contributed by atoms with Crippen LogP contribution in [0.1, 0.15) is 18.4 Å². The van der Waals surface area contributed by atoms with Gasteiger partial charge in [0.2, 0.25) is 0 Å². The molecule has 4 heteroatoms. The summed E-state index contributed by atoms with van der Waals surface area (Å²) >= 11 is 0. The second kappa shape index (κ2) is 9.78. The van der Waals surface area contributed by atoms with Crippen LogP contribution in [0.15, 0.2) is 24.3 Å². The van der Waals surface area contributed by atoms with Crippen molar-refractivity contribution in [2.75, 3.05) is 34.0 Å². The molecule has 0 spiro atoms. The van der Waals surface area contributed by atoms with E-state index in [2.05, 4.69) is 12.1 Å². The van der Waals surface area contributed by atoms with E-state index < -0.39 is 0 Å². The zero-order valence-electron chi connectivity index (χ0n) is 11.9. The van der Waals surface area contributed by atoms with Crippen molar-refractivity contribution in [2.45, 2.75) is 25.3 Å². The summed E-state index contributed by atoms with van der Waals surface area (Å²) in [6.07, 6.45) is 2.85. The molecule has 19 heavy (non-hydrogen) atoms. The Labute approximate surface area is 115 Å². The topological polar surface area (TPSA) is 53.7 Å². The lowest BCUT2D eigenvalue weighted by molar-refractivity contribution is 0.0669. The number of benzene rings is 1. The Bertz CT molecular complexity index is 327. The van der Waals surface area contributed by atoms with E-state index in [9.17, 15) is 0 Å². The van der Waals surface area contributed by atoms with E-state index in [0.29, 0.717) is 19.8 Å². The van der Waals surface area contributed by atoms with Gasteiger partial charge >= 0.3 is 0 Å². The molecule has 0 radical (unpaired) electrons. The van der Waals surface area contributed by atoms with Gasteiger partial charge in [-0.25, -0.2) is 0 Å². The van der Waals surface area contributed by atoms with E-state index in [1.165, 1.54) is 5.56 Å². The molecule has 1 rings (SSSR count). The van der Waals surface area contributed by atoms with Crippen molar-refractivity contribution in [2.24, 2.45) is 5.73 Å². The lowest BCUT2D eigenvalue weighted by Crippen LogP contribution is -2.23. The molecule has 1 unspecified atom stereocenters. The van der Waals surface area contributed by atoms with Crippen LogP contribution in [0.5, 0.6) is 5.75 Å². The average Bonchev–Trinajstić information content (AvgIpc) is 2.45. The van der Waals surface area contributed by atoms with E-state index in [1.54, 1.807) is 14.2 Å². The second-order valence-corrected chi connectivity index (χ2v) is 4.54. The van der Waals surface area contributed by atoms with E-state index >= 15 is 0 Å². The van der Waals surface area contributed by atoms with E-state index in [4.69, 9.17) is 19.9 Å². The summed E-state index contributed by atoms with van der Waals surface area (Å²) in [7, 11) is 3.35. The Kier molecular flexibility index (Phi) is 8.21. The van der Waals surface area contributed by atoms with Crippen molar-refractivity contribution in [1.82, 2.24) is 0 Å². The maximum absolute atomic E-state index is 6.06. The summed E-state index contributed by atoms with van der Waals surface area (Å²) in [6, 6.07) is 8.31. The van der Waals surface area contributed by atoms with Crippen molar-refractivity contribution in [1.29, 1.82) is 0 Å². The number of ether oxygens (including phenoxy) is 3. The Hall–Kier alpha value is -1.10. The van der Waals surface area contributed by atoms with Crippen LogP contribution in [-0.4, -0.2) is 40.1 Å². The van der Waals surface area contributed by atoms with Crippen LogP contribution in [0, 0.1) is 0 Å².